The molecule has 0 atom stereocenters. The topological polar surface area (TPSA) is 23.8 Å². The van der Waals surface area contributed by atoms with Gasteiger partial charge in [0.2, 0.25) is 0 Å². The summed E-state index contributed by atoms with van der Waals surface area (Å²) in [6.45, 7) is 1.92. The van der Waals surface area contributed by atoms with Gasteiger partial charge in [0.1, 0.15) is 0 Å². The average Bonchev–Trinajstić information content (AvgIpc) is 2.07. The van der Waals surface area contributed by atoms with Crippen molar-refractivity contribution in [2.45, 2.75) is 6.92 Å². The summed E-state index contributed by atoms with van der Waals surface area (Å²) in [6.07, 6.45) is 1.54. The Bertz CT molecular complexity index is 290. The largest absolute Gasteiger partial charge is 0.193 e. The van der Waals surface area contributed by atoms with Crippen LogP contribution >= 0.6 is 0 Å². The van der Waals surface area contributed by atoms with Crippen molar-refractivity contribution in [3.8, 4) is 6.07 Å². The summed E-state index contributed by atoms with van der Waals surface area (Å²) >= 11 is 0. The lowest BCUT2D eigenvalue weighted by Gasteiger charge is -1.96. The minimum absolute atomic E-state index is 0.988. The van der Waals surface area contributed by atoms with Gasteiger partial charge < -0.3 is 0 Å². The van der Waals surface area contributed by atoms with E-state index in [9.17, 15) is 0 Å². The molecule has 0 saturated carbocycles. The van der Waals surface area contributed by atoms with Crippen LogP contribution in [-0.4, -0.2) is 0 Å². The number of benzene rings is 1. The van der Waals surface area contributed by atoms with Crippen LogP contribution in [0, 0.1) is 17.4 Å². The second-order valence-electron chi connectivity index (χ2n) is 2.25. The SMILES string of the molecule is CC(=CC#N)c1cc[c]cc1. The third kappa shape index (κ3) is 1.94. The molecule has 1 radical (unpaired) electrons. The highest BCUT2D eigenvalue weighted by Crippen LogP contribution is 2.11. The van der Waals surface area contributed by atoms with Gasteiger partial charge in [0, 0.05) is 6.08 Å². The van der Waals surface area contributed by atoms with Crippen molar-refractivity contribution in [1.82, 2.24) is 0 Å². The summed E-state index contributed by atoms with van der Waals surface area (Å²) in [7, 11) is 0. The van der Waals surface area contributed by atoms with Crippen LogP contribution in [0.25, 0.3) is 5.57 Å². The fourth-order valence-electron chi connectivity index (χ4n) is 0.830. The van der Waals surface area contributed by atoms with E-state index in [1.54, 1.807) is 0 Å². The predicted molar refractivity (Wildman–Crippen MR) is 44.5 cm³/mol. The summed E-state index contributed by atoms with van der Waals surface area (Å²) in [5.41, 5.74) is 2.06. The molecular weight excluding hydrogens is 134 g/mol. The Morgan fingerprint density at radius 2 is 2.18 bits per heavy atom. The van der Waals surface area contributed by atoms with Crippen molar-refractivity contribution in [3.05, 3.63) is 42.0 Å². The molecule has 0 amide bonds. The third-order valence-electron chi connectivity index (χ3n) is 1.45. The van der Waals surface area contributed by atoms with Gasteiger partial charge in [-0.25, -0.2) is 0 Å². The monoisotopic (exact) mass is 142 g/mol. The third-order valence-corrected chi connectivity index (χ3v) is 1.45. The van der Waals surface area contributed by atoms with Gasteiger partial charge in [-0.1, -0.05) is 24.3 Å². The zero-order valence-electron chi connectivity index (χ0n) is 6.33. The van der Waals surface area contributed by atoms with Gasteiger partial charge in [-0.05, 0) is 24.1 Å². The van der Waals surface area contributed by atoms with Crippen molar-refractivity contribution < 1.29 is 0 Å². The summed E-state index contributed by atoms with van der Waals surface area (Å²) in [4.78, 5) is 0. The molecule has 0 aliphatic heterocycles. The van der Waals surface area contributed by atoms with Crippen LogP contribution in [0.3, 0.4) is 0 Å². The van der Waals surface area contributed by atoms with E-state index >= 15 is 0 Å². The molecule has 53 valence electrons. The molecule has 0 aliphatic carbocycles. The molecule has 0 unspecified atom stereocenters. The van der Waals surface area contributed by atoms with E-state index in [1.165, 1.54) is 6.08 Å². The minimum atomic E-state index is 0.988. The standard InChI is InChI=1S/C10H8N/c1-9(7-8-11)10-5-3-2-4-6-10/h3-7H,1H3. The Morgan fingerprint density at radius 3 is 2.73 bits per heavy atom. The highest BCUT2D eigenvalue weighted by atomic mass is 14.2. The molecule has 1 nitrogen and oxygen atoms in total. The number of nitriles is 1. The lowest BCUT2D eigenvalue weighted by molar-refractivity contribution is 1.51. The second kappa shape index (κ2) is 3.58. The normalized spacial score (nSPS) is 10.7. The Kier molecular flexibility index (Phi) is 2.46. The molecule has 1 heteroatoms. The van der Waals surface area contributed by atoms with Gasteiger partial charge in [0.05, 0.1) is 6.07 Å². The molecule has 0 aromatic heterocycles. The summed E-state index contributed by atoms with van der Waals surface area (Å²) < 4.78 is 0. The van der Waals surface area contributed by atoms with E-state index in [-0.39, 0.29) is 0 Å². The van der Waals surface area contributed by atoms with E-state index in [2.05, 4.69) is 6.07 Å². The molecule has 0 bridgehead atoms. The number of allylic oxidation sites excluding steroid dienone is 2. The number of rotatable bonds is 1. The fraction of sp³-hybridized carbons (Fsp3) is 0.100. The molecule has 1 aromatic rings. The molecule has 0 spiro atoms. The molecule has 0 aliphatic rings. The van der Waals surface area contributed by atoms with Crippen LogP contribution in [0.2, 0.25) is 0 Å². The molecule has 1 aromatic carbocycles. The van der Waals surface area contributed by atoms with E-state index in [1.807, 2.05) is 37.3 Å². The van der Waals surface area contributed by atoms with Crippen molar-refractivity contribution in [2.75, 3.05) is 0 Å². The maximum absolute atomic E-state index is 8.36. The Hall–Kier alpha value is -1.55. The number of hydrogen-bond acceptors (Lipinski definition) is 1. The second-order valence-corrected chi connectivity index (χ2v) is 2.25. The van der Waals surface area contributed by atoms with E-state index < -0.39 is 0 Å². The first-order valence-electron chi connectivity index (χ1n) is 3.37. The van der Waals surface area contributed by atoms with Crippen LogP contribution in [0.4, 0.5) is 0 Å². The molecule has 11 heavy (non-hydrogen) atoms. The van der Waals surface area contributed by atoms with Crippen molar-refractivity contribution in [1.29, 1.82) is 5.26 Å². The lowest BCUT2D eigenvalue weighted by atomic mass is 10.1. The van der Waals surface area contributed by atoms with Gasteiger partial charge in [0.25, 0.3) is 0 Å². The van der Waals surface area contributed by atoms with Crippen LogP contribution < -0.4 is 0 Å². The van der Waals surface area contributed by atoms with Crippen molar-refractivity contribution >= 4 is 5.57 Å². The van der Waals surface area contributed by atoms with Gasteiger partial charge >= 0.3 is 0 Å². The molecular formula is C10H8N. The maximum atomic E-state index is 8.36. The highest BCUT2D eigenvalue weighted by Gasteiger charge is 1.90. The Morgan fingerprint density at radius 1 is 1.55 bits per heavy atom. The first-order valence-corrected chi connectivity index (χ1v) is 3.37. The van der Waals surface area contributed by atoms with Crippen LogP contribution in [0.15, 0.2) is 30.3 Å². The first-order chi connectivity index (χ1) is 5.34. The van der Waals surface area contributed by atoms with Crippen LogP contribution in [-0.2, 0) is 0 Å². The molecule has 0 saturated heterocycles. The molecule has 1 rings (SSSR count). The predicted octanol–water partition coefficient (Wildman–Crippen LogP) is 2.41. The van der Waals surface area contributed by atoms with Crippen LogP contribution in [0.5, 0.6) is 0 Å². The maximum Gasteiger partial charge on any atom is 0.0915 e. The first kappa shape index (κ1) is 7.56. The Balaban J connectivity index is 2.96. The molecule has 0 N–H and O–H groups in total. The van der Waals surface area contributed by atoms with Gasteiger partial charge in [0.15, 0.2) is 0 Å². The lowest BCUT2D eigenvalue weighted by Crippen LogP contribution is -1.76. The summed E-state index contributed by atoms with van der Waals surface area (Å²) in [5.74, 6) is 0. The summed E-state index contributed by atoms with van der Waals surface area (Å²) in [6, 6.07) is 12.5. The van der Waals surface area contributed by atoms with E-state index in [0.29, 0.717) is 0 Å². The van der Waals surface area contributed by atoms with E-state index in [4.69, 9.17) is 5.26 Å². The smallest absolute Gasteiger partial charge is 0.0915 e. The Labute approximate surface area is 66.6 Å². The average molecular weight is 142 g/mol. The zero-order valence-corrected chi connectivity index (χ0v) is 6.33. The number of hydrogen-bond donors (Lipinski definition) is 0. The van der Waals surface area contributed by atoms with Crippen LogP contribution in [0.1, 0.15) is 12.5 Å². The van der Waals surface area contributed by atoms with Crippen molar-refractivity contribution in [3.63, 3.8) is 0 Å². The van der Waals surface area contributed by atoms with E-state index in [0.717, 1.165) is 11.1 Å². The summed E-state index contributed by atoms with van der Waals surface area (Å²) in [5, 5.41) is 8.36. The van der Waals surface area contributed by atoms with Gasteiger partial charge in [-0.15, -0.1) is 0 Å². The quantitative estimate of drug-likeness (QED) is 0.552. The fourth-order valence-corrected chi connectivity index (χ4v) is 0.830. The van der Waals surface area contributed by atoms with Gasteiger partial charge in [-0.3, -0.25) is 0 Å². The minimum Gasteiger partial charge on any atom is -0.193 e. The molecule has 0 heterocycles. The number of nitrogens with zero attached hydrogens (tertiary/aromatic N) is 1. The van der Waals surface area contributed by atoms with Crippen molar-refractivity contribution in [2.24, 2.45) is 0 Å². The highest BCUT2D eigenvalue weighted by molar-refractivity contribution is 5.65. The zero-order chi connectivity index (χ0) is 8.10. The molecule has 0 fully saturated rings. The van der Waals surface area contributed by atoms with Gasteiger partial charge in [-0.2, -0.15) is 5.26 Å².